The van der Waals surface area contributed by atoms with Crippen LogP contribution >= 0.6 is 11.6 Å². The highest BCUT2D eigenvalue weighted by Crippen LogP contribution is 2.31. The van der Waals surface area contributed by atoms with Crippen molar-refractivity contribution in [3.8, 4) is 5.75 Å². The molecule has 0 saturated carbocycles. The van der Waals surface area contributed by atoms with Crippen LogP contribution in [0.15, 0.2) is 21.3 Å². The Morgan fingerprint density at radius 1 is 1.27 bits per heavy atom. The zero-order chi connectivity index (χ0) is 22.5. The molecule has 30 heavy (non-hydrogen) atoms. The van der Waals surface area contributed by atoms with Gasteiger partial charge in [-0.15, -0.1) is 0 Å². The first-order chi connectivity index (χ1) is 14.0. The smallest absolute Gasteiger partial charge is 0.420 e. The molecule has 2 rings (SSSR count). The first kappa shape index (κ1) is 24.0. The second-order valence-corrected chi connectivity index (χ2v) is 6.85. The lowest BCUT2D eigenvalue weighted by Crippen LogP contribution is -2.56. The summed E-state index contributed by atoms with van der Waals surface area (Å²) < 4.78 is 52.6. The number of aliphatic hydroxyl groups excluding tert-OH is 2. The van der Waals surface area contributed by atoms with E-state index >= 15 is 0 Å². The fourth-order valence-electron chi connectivity index (χ4n) is 2.44. The van der Waals surface area contributed by atoms with Gasteiger partial charge in [0.1, 0.15) is 5.75 Å². The first-order valence-electron chi connectivity index (χ1n) is 8.71. The Kier molecular flexibility index (Phi) is 7.75. The number of alkyl halides is 3. The van der Waals surface area contributed by atoms with E-state index in [1.54, 1.807) is 0 Å². The lowest BCUT2D eigenvalue weighted by Gasteiger charge is -2.25. The quantitative estimate of drug-likeness (QED) is 0.358. The molecule has 168 valence electrons. The Bertz CT molecular complexity index is 944. The van der Waals surface area contributed by atoms with E-state index in [1.807, 2.05) is 0 Å². The Hall–Kier alpha value is -2.28. The van der Waals surface area contributed by atoms with Crippen molar-refractivity contribution in [1.82, 2.24) is 4.57 Å². The van der Waals surface area contributed by atoms with E-state index in [1.165, 1.54) is 6.07 Å². The maximum atomic E-state index is 12.3. The van der Waals surface area contributed by atoms with Gasteiger partial charge in [-0.05, 0) is 6.07 Å². The maximum absolute atomic E-state index is 12.3. The molecule has 1 atom stereocenters. The molecule has 9 nitrogen and oxygen atoms in total. The summed E-state index contributed by atoms with van der Waals surface area (Å²) in [5, 5.41) is 18.2. The lowest BCUT2D eigenvalue weighted by molar-refractivity contribution is -0.152. The summed E-state index contributed by atoms with van der Waals surface area (Å²) in [5.74, 6) is -2.07. The van der Waals surface area contributed by atoms with Crippen LogP contribution in [-0.4, -0.2) is 58.9 Å². The minimum atomic E-state index is -4.41. The van der Waals surface area contributed by atoms with Crippen molar-refractivity contribution in [3.05, 3.63) is 27.7 Å². The van der Waals surface area contributed by atoms with Crippen LogP contribution in [0, 0.1) is 0 Å². The number of halogens is 4. The normalized spacial score (nSPS) is 14.0. The fourth-order valence-corrected chi connectivity index (χ4v) is 2.65. The number of hydrogen-bond acceptors (Lipinski definition) is 8. The van der Waals surface area contributed by atoms with Crippen molar-refractivity contribution in [1.29, 1.82) is 0 Å². The van der Waals surface area contributed by atoms with Gasteiger partial charge in [0, 0.05) is 19.1 Å². The molecule has 0 fully saturated rings. The number of carbonyl (C=O) groups excluding carboxylic acids is 1. The third kappa shape index (κ3) is 5.88. The maximum Gasteiger partial charge on any atom is 0.420 e. The molecule has 4 N–H and O–H groups in total. The van der Waals surface area contributed by atoms with Gasteiger partial charge in [-0.25, -0.2) is 9.59 Å². The number of oxazole rings is 1. The average molecular weight is 457 g/mol. The van der Waals surface area contributed by atoms with E-state index < -0.39 is 49.6 Å². The van der Waals surface area contributed by atoms with Gasteiger partial charge in [-0.1, -0.05) is 11.6 Å². The largest absolute Gasteiger partial charge is 0.492 e. The van der Waals surface area contributed by atoms with Crippen LogP contribution < -0.4 is 16.2 Å². The number of benzene rings is 1. The number of aliphatic hydroxyl groups is 2. The molecule has 2 aromatic rings. The molecule has 0 bridgehead atoms. The van der Waals surface area contributed by atoms with Crippen molar-refractivity contribution in [2.75, 3.05) is 26.4 Å². The second kappa shape index (κ2) is 9.69. The van der Waals surface area contributed by atoms with E-state index in [-0.39, 0.29) is 41.5 Å². The minimum absolute atomic E-state index is 0.0691. The molecular weight excluding hydrogens is 437 g/mol. The van der Waals surface area contributed by atoms with Crippen molar-refractivity contribution in [3.63, 3.8) is 0 Å². The number of aromatic nitrogens is 1. The second-order valence-electron chi connectivity index (χ2n) is 6.45. The number of hydrogen-bond donors (Lipinski definition) is 3. The van der Waals surface area contributed by atoms with E-state index in [0.29, 0.717) is 0 Å². The third-order valence-corrected chi connectivity index (χ3v) is 4.32. The molecule has 1 unspecified atom stereocenters. The van der Waals surface area contributed by atoms with Gasteiger partial charge in [-0.3, -0.25) is 4.57 Å². The predicted molar refractivity (Wildman–Crippen MR) is 98.3 cm³/mol. The average Bonchev–Trinajstić information content (AvgIpc) is 2.95. The lowest BCUT2D eigenvalue weighted by atomic mass is 10.0. The summed E-state index contributed by atoms with van der Waals surface area (Å²) in [5.41, 5.74) is 3.91. The Balaban J connectivity index is 2.27. The molecule has 0 radical (unpaired) electrons. The predicted octanol–water partition coefficient (Wildman–Crippen LogP) is 1.19. The van der Waals surface area contributed by atoms with Crippen molar-refractivity contribution < 1.29 is 42.1 Å². The molecule has 0 aliphatic heterocycles. The van der Waals surface area contributed by atoms with Crippen LogP contribution in [0.2, 0.25) is 5.02 Å². The zero-order valence-corrected chi connectivity index (χ0v) is 16.3. The van der Waals surface area contributed by atoms with Gasteiger partial charge in [0.15, 0.2) is 11.1 Å². The molecule has 0 saturated heterocycles. The summed E-state index contributed by atoms with van der Waals surface area (Å²) in [7, 11) is 0. The summed E-state index contributed by atoms with van der Waals surface area (Å²) in [6, 6.07) is 2.35. The van der Waals surface area contributed by atoms with Gasteiger partial charge in [0.05, 0.1) is 43.3 Å². The molecule has 1 heterocycles. The van der Waals surface area contributed by atoms with Crippen molar-refractivity contribution in [2.45, 2.75) is 31.1 Å². The zero-order valence-electron chi connectivity index (χ0n) is 15.6. The van der Waals surface area contributed by atoms with Crippen LogP contribution in [0.3, 0.4) is 0 Å². The molecule has 0 aliphatic carbocycles. The number of fused-ring (bicyclic) bond motifs is 1. The number of esters is 1. The van der Waals surface area contributed by atoms with E-state index in [0.717, 1.165) is 10.6 Å². The Labute approximate surface area is 172 Å². The molecule has 0 aliphatic rings. The highest BCUT2D eigenvalue weighted by Gasteiger charge is 2.37. The number of nitrogens with zero attached hydrogens (tertiary/aromatic N) is 1. The van der Waals surface area contributed by atoms with E-state index in [2.05, 4.69) is 0 Å². The molecule has 0 amide bonds. The summed E-state index contributed by atoms with van der Waals surface area (Å²) in [6.45, 7) is -2.44. The molecular formula is C17H20ClF3N2O7. The van der Waals surface area contributed by atoms with Gasteiger partial charge >= 0.3 is 17.9 Å². The molecule has 0 spiro atoms. The standard InChI is InChI=1S/C17H20ClF3N2O7/c18-10-6-11-13(7-12(10)28-5-2-17(19,20)21)30-15(27)23(11)8-16(22,9-25)14(26)29-4-1-3-24/h6-7,24-25H,1-5,8-9,22H2. The van der Waals surface area contributed by atoms with Crippen LogP contribution in [-0.2, 0) is 16.1 Å². The van der Waals surface area contributed by atoms with Gasteiger partial charge in [0.2, 0.25) is 0 Å². The summed E-state index contributed by atoms with van der Waals surface area (Å²) in [6.07, 6.45) is -5.45. The number of rotatable bonds is 10. The Morgan fingerprint density at radius 2 is 1.97 bits per heavy atom. The number of carbonyl (C=O) groups is 1. The van der Waals surface area contributed by atoms with Crippen LogP contribution in [0.4, 0.5) is 13.2 Å². The molecule has 13 heteroatoms. The van der Waals surface area contributed by atoms with Gasteiger partial charge in [-0.2, -0.15) is 13.2 Å². The van der Waals surface area contributed by atoms with Gasteiger partial charge < -0.3 is 29.8 Å². The van der Waals surface area contributed by atoms with Crippen LogP contribution in [0.1, 0.15) is 12.8 Å². The highest BCUT2D eigenvalue weighted by atomic mass is 35.5. The van der Waals surface area contributed by atoms with Gasteiger partial charge in [0.25, 0.3) is 0 Å². The van der Waals surface area contributed by atoms with E-state index in [4.69, 9.17) is 36.3 Å². The van der Waals surface area contributed by atoms with Crippen molar-refractivity contribution in [2.24, 2.45) is 5.73 Å². The molecule has 1 aromatic carbocycles. The van der Waals surface area contributed by atoms with Crippen molar-refractivity contribution >= 4 is 28.7 Å². The number of ether oxygens (including phenoxy) is 2. The topological polar surface area (TPSA) is 137 Å². The fraction of sp³-hybridized carbons (Fsp3) is 0.529. The Morgan fingerprint density at radius 3 is 2.57 bits per heavy atom. The third-order valence-electron chi connectivity index (χ3n) is 4.03. The van der Waals surface area contributed by atoms with Crippen LogP contribution in [0.5, 0.6) is 5.75 Å². The SMILES string of the molecule is NC(CO)(Cn1c(=O)oc2cc(OCCC(F)(F)F)c(Cl)cc21)C(=O)OCCCO. The monoisotopic (exact) mass is 456 g/mol. The minimum Gasteiger partial charge on any atom is -0.492 e. The number of nitrogens with two attached hydrogens (primary N) is 1. The van der Waals surface area contributed by atoms with E-state index in [9.17, 15) is 27.9 Å². The van der Waals surface area contributed by atoms with Crippen LogP contribution in [0.25, 0.3) is 11.1 Å². The highest BCUT2D eigenvalue weighted by molar-refractivity contribution is 6.32. The summed E-state index contributed by atoms with van der Waals surface area (Å²) >= 11 is 6.03. The molecule has 1 aromatic heterocycles. The first-order valence-corrected chi connectivity index (χ1v) is 9.09. The summed E-state index contributed by atoms with van der Waals surface area (Å²) in [4.78, 5) is 24.4.